The maximum absolute atomic E-state index is 9.36. The number of fused-ring (bicyclic) bond motifs is 2. The lowest BCUT2D eigenvalue weighted by molar-refractivity contribution is 0.0259. The summed E-state index contributed by atoms with van der Waals surface area (Å²) in [6.45, 7) is 5.17. The Morgan fingerprint density at radius 2 is 2.07 bits per heavy atom. The van der Waals surface area contributed by atoms with E-state index in [4.69, 9.17) is 5.11 Å². The van der Waals surface area contributed by atoms with Crippen molar-refractivity contribution < 1.29 is 10.2 Å². The number of rotatable bonds is 4. The van der Waals surface area contributed by atoms with Crippen LogP contribution in [0, 0.1) is 29.1 Å². The fourth-order valence-corrected chi connectivity index (χ4v) is 4.25. The molecule has 2 aliphatic carbocycles. The highest BCUT2D eigenvalue weighted by molar-refractivity contribution is 5.03. The topological polar surface area (TPSA) is 40.5 Å². The zero-order valence-electron chi connectivity index (χ0n) is 9.95. The molecule has 0 aromatic heterocycles. The number of hydrogen-bond donors (Lipinski definition) is 2. The minimum atomic E-state index is 0.311. The first-order valence-electron chi connectivity index (χ1n) is 6.33. The summed E-state index contributed by atoms with van der Waals surface area (Å²) >= 11 is 0. The number of aliphatic hydroxyl groups is 2. The largest absolute Gasteiger partial charge is 0.396 e. The molecule has 2 nitrogen and oxygen atoms in total. The van der Waals surface area contributed by atoms with Gasteiger partial charge in [-0.15, -0.1) is 0 Å². The maximum atomic E-state index is 9.36. The first-order chi connectivity index (χ1) is 7.11. The van der Waals surface area contributed by atoms with Crippen molar-refractivity contribution in [3.8, 4) is 0 Å². The molecule has 88 valence electrons. The summed E-state index contributed by atoms with van der Waals surface area (Å²) in [7, 11) is 0. The number of aliphatic hydroxyl groups excluding tert-OH is 2. The van der Waals surface area contributed by atoms with Crippen molar-refractivity contribution in [2.75, 3.05) is 13.2 Å². The first kappa shape index (κ1) is 11.4. The van der Waals surface area contributed by atoms with Gasteiger partial charge in [0.05, 0.1) is 0 Å². The molecular formula is C13H24O2. The third-order valence-electron chi connectivity index (χ3n) is 5.27. The lowest BCUT2D eigenvalue weighted by Crippen LogP contribution is -2.37. The predicted molar refractivity (Wildman–Crippen MR) is 60.4 cm³/mol. The van der Waals surface area contributed by atoms with Gasteiger partial charge >= 0.3 is 0 Å². The molecule has 5 atom stereocenters. The van der Waals surface area contributed by atoms with Crippen molar-refractivity contribution in [1.82, 2.24) is 0 Å². The van der Waals surface area contributed by atoms with E-state index in [0.29, 0.717) is 30.5 Å². The van der Waals surface area contributed by atoms with Crippen LogP contribution in [0.5, 0.6) is 0 Å². The van der Waals surface area contributed by atoms with Gasteiger partial charge in [0.1, 0.15) is 0 Å². The van der Waals surface area contributed by atoms with Crippen LogP contribution in [0.15, 0.2) is 0 Å². The predicted octanol–water partition coefficient (Wildman–Crippen LogP) is 2.05. The molecule has 0 aliphatic heterocycles. The summed E-state index contributed by atoms with van der Waals surface area (Å²) in [4.78, 5) is 0. The van der Waals surface area contributed by atoms with E-state index in [1.165, 1.54) is 19.3 Å². The Morgan fingerprint density at radius 3 is 2.60 bits per heavy atom. The highest BCUT2D eigenvalue weighted by atomic mass is 16.3. The molecule has 2 heteroatoms. The monoisotopic (exact) mass is 212 g/mol. The quantitative estimate of drug-likeness (QED) is 0.749. The molecule has 0 aromatic carbocycles. The summed E-state index contributed by atoms with van der Waals surface area (Å²) in [5, 5.41) is 18.4. The van der Waals surface area contributed by atoms with E-state index in [2.05, 4.69) is 13.8 Å². The van der Waals surface area contributed by atoms with Gasteiger partial charge in [0.15, 0.2) is 0 Å². The van der Waals surface area contributed by atoms with Crippen LogP contribution < -0.4 is 0 Å². The van der Waals surface area contributed by atoms with Crippen molar-refractivity contribution >= 4 is 0 Å². The SMILES string of the molecule is CC(CO)C1(C)CC2CC(CCO)C1C2. The van der Waals surface area contributed by atoms with Gasteiger partial charge in [-0.2, -0.15) is 0 Å². The van der Waals surface area contributed by atoms with Gasteiger partial charge in [-0.3, -0.25) is 0 Å². The van der Waals surface area contributed by atoms with Crippen molar-refractivity contribution in [2.45, 2.75) is 39.5 Å². The zero-order chi connectivity index (χ0) is 11.1. The highest BCUT2D eigenvalue weighted by Crippen LogP contribution is 2.61. The summed E-state index contributed by atoms with van der Waals surface area (Å²) in [5.41, 5.74) is 0.331. The molecular weight excluding hydrogens is 188 g/mol. The second-order valence-electron chi connectivity index (χ2n) is 6.01. The van der Waals surface area contributed by atoms with Crippen LogP contribution in [-0.4, -0.2) is 23.4 Å². The molecule has 2 fully saturated rings. The number of hydrogen-bond acceptors (Lipinski definition) is 2. The van der Waals surface area contributed by atoms with E-state index in [1.807, 2.05) is 0 Å². The van der Waals surface area contributed by atoms with Crippen molar-refractivity contribution in [2.24, 2.45) is 29.1 Å². The molecule has 0 saturated heterocycles. The lowest BCUT2D eigenvalue weighted by atomic mass is 9.63. The van der Waals surface area contributed by atoms with Crippen LogP contribution in [0.3, 0.4) is 0 Å². The molecule has 0 radical (unpaired) electrons. The summed E-state index contributed by atoms with van der Waals surface area (Å²) in [6, 6.07) is 0. The minimum Gasteiger partial charge on any atom is -0.396 e. The van der Waals surface area contributed by atoms with Gasteiger partial charge in [-0.1, -0.05) is 13.8 Å². The van der Waals surface area contributed by atoms with E-state index in [-0.39, 0.29) is 0 Å². The Balaban J connectivity index is 2.10. The van der Waals surface area contributed by atoms with Gasteiger partial charge in [0, 0.05) is 13.2 Å². The molecule has 15 heavy (non-hydrogen) atoms. The molecule has 2 rings (SSSR count). The van der Waals surface area contributed by atoms with Gasteiger partial charge in [0.25, 0.3) is 0 Å². The third kappa shape index (κ3) is 1.72. The smallest absolute Gasteiger partial charge is 0.0461 e. The van der Waals surface area contributed by atoms with E-state index in [0.717, 1.165) is 18.3 Å². The van der Waals surface area contributed by atoms with Crippen LogP contribution in [-0.2, 0) is 0 Å². The fraction of sp³-hybridized carbons (Fsp3) is 1.00. The van der Waals surface area contributed by atoms with Gasteiger partial charge in [-0.25, -0.2) is 0 Å². The lowest BCUT2D eigenvalue weighted by Gasteiger charge is -2.42. The Bertz CT molecular complexity index is 229. The second kappa shape index (κ2) is 4.06. The van der Waals surface area contributed by atoms with E-state index in [1.54, 1.807) is 0 Å². The third-order valence-corrected chi connectivity index (χ3v) is 5.27. The van der Waals surface area contributed by atoms with Gasteiger partial charge < -0.3 is 10.2 Å². The van der Waals surface area contributed by atoms with Crippen LogP contribution in [0.4, 0.5) is 0 Å². The molecule has 0 heterocycles. The van der Waals surface area contributed by atoms with E-state index < -0.39 is 0 Å². The molecule has 0 amide bonds. The Morgan fingerprint density at radius 1 is 1.33 bits per heavy atom. The molecule has 0 aromatic rings. The first-order valence-corrected chi connectivity index (χ1v) is 6.33. The molecule has 2 bridgehead atoms. The molecule has 0 spiro atoms. The van der Waals surface area contributed by atoms with Gasteiger partial charge in [-0.05, 0) is 54.8 Å². The van der Waals surface area contributed by atoms with Crippen molar-refractivity contribution in [3.63, 3.8) is 0 Å². The zero-order valence-corrected chi connectivity index (χ0v) is 9.95. The fourth-order valence-electron chi connectivity index (χ4n) is 4.25. The standard InChI is InChI=1S/C13H24O2/c1-9(8-15)13(2)7-10-5-11(3-4-14)12(13)6-10/h9-12,14-15H,3-8H2,1-2H3. The van der Waals surface area contributed by atoms with Crippen LogP contribution in [0.1, 0.15) is 39.5 Å². The Hall–Kier alpha value is -0.0800. The Kier molecular flexibility index (Phi) is 3.09. The Labute approximate surface area is 92.7 Å². The summed E-state index contributed by atoms with van der Waals surface area (Å²) < 4.78 is 0. The van der Waals surface area contributed by atoms with Crippen molar-refractivity contribution in [1.29, 1.82) is 0 Å². The molecule has 2 aliphatic rings. The van der Waals surface area contributed by atoms with Crippen LogP contribution in [0.2, 0.25) is 0 Å². The molecule has 2 saturated carbocycles. The van der Waals surface area contributed by atoms with Crippen LogP contribution >= 0.6 is 0 Å². The average molecular weight is 212 g/mol. The normalized spacial score (nSPS) is 46.0. The molecule has 5 unspecified atom stereocenters. The van der Waals surface area contributed by atoms with E-state index in [9.17, 15) is 5.11 Å². The minimum absolute atomic E-state index is 0.311. The van der Waals surface area contributed by atoms with Crippen LogP contribution in [0.25, 0.3) is 0 Å². The van der Waals surface area contributed by atoms with E-state index >= 15 is 0 Å². The molecule has 2 N–H and O–H groups in total. The van der Waals surface area contributed by atoms with Gasteiger partial charge in [0.2, 0.25) is 0 Å². The maximum Gasteiger partial charge on any atom is 0.0461 e. The van der Waals surface area contributed by atoms with Crippen molar-refractivity contribution in [3.05, 3.63) is 0 Å². The second-order valence-corrected chi connectivity index (χ2v) is 6.01. The highest BCUT2D eigenvalue weighted by Gasteiger charge is 2.54. The average Bonchev–Trinajstić information content (AvgIpc) is 2.74. The summed E-state index contributed by atoms with van der Waals surface area (Å²) in [6.07, 6.45) is 4.92. The summed E-state index contributed by atoms with van der Waals surface area (Å²) in [5.74, 6) is 2.74.